The summed E-state index contributed by atoms with van der Waals surface area (Å²) in [4.78, 5) is 0.842. The molecule has 0 radical (unpaired) electrons. The van der Waals surface area contributed by atoms with Gasteiger partial charge in [0, 0.05) is 14.9 Å². The average Bonchev–Trinajstić information content (AvgIpc) is 2.83. The summed E-state index contributed by atoms with van der Waals surface area (Å²) in [5.41, 5.74) is 7.58. The molecule has 2 rings (SSSR count). The van der Waals surface area contributed by atoms with E-state index >= 15 is 0 Å². The summed E-state index contributed by atoms with van der Waals surface area (Å²) >= 11 is 10.9. The van der Waals surface area contributed by atoms with Crippen LogP contribution >= 0.6 is 38.9 Å². The second kappa shape index (κ2) is 5.57. The lowest BCUT2D eigenvalue weighted by atomic mass is 10.1. The van der Waals surface area contributed by atoms with Crippen molar-refractivity contribution in [2.24, 2.45) is 5.73 Å². The molecule has 0 fully saturated rings. The number of nitrogens with zero attached hydrogens (tertiary/aromatic N) is 1. The first-order chi connectivity index (χ1) is 8.63. The maximum Gasteiger partial charge on any atom is 0.103 e. The van der Waals surface area contributed by atoms with Gasteiger partial charge in [-0.05, 0) is 23.6 Å². The number of nitriles is 1. The molecule has 0 aliphatic carbocycles. The van der Waals surface area contributed by atoms with Crippen molar-refractivity contribution >= 4 is 50.1 Å². The first kappa shape index (κ1) is 13.2. The average molecular weight is 340 g/mol. The fourth-order valence-electron chi connectivity index (χ4n) is 1.51. The highest BCUT2D eigenvalue weighted by molar-refractivity contribution is 9.10. The Kier molecular flexibility index (Phi) is 4.07. The maximum atomic E-state index is 9.24. The van der Waals surface area contributed by atoms with Gasteiger partial charge in [0.2, 0.25) is 0 Å². The van der Waals surface area contributed by atoms with Crippen molar-refractivity contribution in [2.75, 3.05) is 0 Å². The number of rotatable bonds is 2. The summed E-state index contributed by atoms with van der Waals surface area (Å²) < 4.78 is 0.874. The van der Waals surface area contributed by atoms with Crippen LogP contribution in [0, 0.1) is 11.3 Å². The summed E-state index contributed by atoms with van der Waals surface area (Å²) in [6, 6.07) is 11.3. The third kappa shape index (κ3) is 2.59. The fraction of sp³-hybridized carbons (Fsp3) is 0. The molecule has 90 valence electrons. The Labute approximate surface area is 122 Å². The minimum Gasteiger partial charge on any atom is -0.397 e. The van der Waals surface area contributed by atoms with Crippen molar-refractivity contribution in [2.45, 2.75) is 0 Å². The lowest BCUT2D eigenvalue weighted by Crippen LogP contribution is -2.00. The second-order valence-corrected chi connectivity index (χ2v) is 5.77. The van der Waals surface area contributed by atoms with Crippen LogP contribution in [0.4, 0.5) is 0 Å². The number of benzene rings is 1. The third-order valence-corrected chi connectivity index (χ3v) is 4.06. The molecule has 5 heteroatoms. The first-order valence-electron chi connectivity index (χ1n) is 5.02. The molecule has 0 saturated heterocycles. The highest BCUT2D eigenvalue weighted by Crippen LogP contribution is 2.30. The quantitative estimate of drug-likeness (QED) is 0.818. The number of hydrogen-bond donors (Lipinski definition) is 1. The molecular formula is C13H8BrClN2S. The summed E-state index contributed by atoms with van der Waals surface area (Å²) in [5.74, 6) is 0. The smallest absolute Gasteiger partial charge is 0.103 e. The zero-order chi connectivity index (χ0) is 13.1. The van der Waals surface area contributed by atoms with Gasteiger partial charge in [-0.15, -0.1) is 11.3 Å². The van der Waals surface area contributed by atoms with Gasteiger partial charge in [-0.25, -0.2) is 0 Å². The molecule has 0 aliphatic heterocycles. The minimum atomic E-state index is 0.400. The summed E-state index contributed by atoms with van der Waals surface area (Å²) in [6.45, 7) is 0. The molecule has 0 saturated carbocycles. The highest BCUT2D eigenvalue weighted by Gasteiger charge is 2.12. The number of allylic oxidation sites excluding steroid dienone is 1. The van der Waals surface area contributed by atoms with E-state index in [0.29, 0.717) is 21.9 Å². The normalized spacial score (nSPS) is 11.8. The number of halogens is 2. The Hall–Kier alpha value is -1.28. The van der Waals surface area contributed by atoms with Gasteiger partial charge in [0.1, 0.15) is 6.07 Å². The lowest BCUT2D eigenvalue weighted by molar-refractivity contribution is 1.49. The number of nitrogens with two attached hydrogens (primary N) is 1. The van der Waals surface area contributed by atoms with Crippen LogP contribution < -0.4 is 5.73 Å². The molecule has 2 aromatic rings. The standard InChI is InChI=1S/C13H8BrClN2S/c14-8-3-4-9(11(15)6-8)13(17)10(7-16)12-2-1-5-18-12/h1-6H,17H2/b13-10-. The Balaban J connectivity index is 2.58. The van der Waals surface area contributed by atoms with Crippen LogP contribution in [0.25, 0.3) is 11.3 Å². The van der Waals surface area contributed by atoms with E-state index in [1.165, 1.54) is 11.3 Å². The van der Waals surface area contributed by atoms with Gasteiger partial charge in [0.05, 0.1) is 16.3 Å². The van der Waals surface area contributed by atoms with E-state index in [4.69, 9.17) is 17.3 Å². The molecule has 0 atom stereocenters. The Bertz CT molecular complexity index is 642. The van der Waals surface area contributed by atoms with Gasteiger partial charge in [-0.3, -0.25) is 0 Å². The van der Waals surface area contributed by atoms with E-state index in [1.807, 2.05) is 23.6 Å². The molecule has 0 spiro atoms. The molecule has 1 aromatic carbocycles. The molecule has 2 nitrogen and oxygen atoms in total. The SMILES string of the molecule is N#C/C(=C(/N)c1ccc(Br)cc1Cl)c1cccs1. The molecule has 0 unspecified atom stereocenters. The van der Waals surface area contributed by atoms with Crippen LogP contribution in [0.1, 0.15) is 10.4 Å². The van der Waals surface area contributed by atoms with Crippen molar-refractivity contribution in [3.63, 3.8) is 0 Å². The van der Waals surface area contributed by atoms with Crippen molar-refractivity contribution in [1.29, 1.82) is 5.26 Å². The Morgan fingerprint density at radius 2 is 2.17 bits per heavy atom. The zero-order valence-corrected chi connectivity index (χ0v) is 12.3. The van der Waals surface area contributed by atoms with Gasteiger partial charge in [-0.1, -0.05) is 39.7 Å². The maximum absolute atomic E-state index is 9.24. The first-order valence-corrected chi connectivity index (χ1v) is 7.07. The Morgan fingerprint density at radius 3 is 2.72 bits per heavy atom. The van der Waals surface area contributed by atoms with Crippen LogP contribution in [0.15, 0.2) is 40.2 Å². The predicted octanol–water partition coefficient (Wildman–Crippen LogP) is 4.51. The van der Waals surface area contributed by atoms with E-state index in [9.17, 15) is 5.26 Å². The zero-order valence-electron chi connectivity index (χ0n) is 9.15. The molecule has 0 bridgehead atoms. The molecule has 0 amide bonds. The summed E-state index contributed by atoms with van der Waals surface area (Å²) in [5, 5.41) is 11.7. The van der Waals surface area contributed by atoms with Gasteiger partial charge in [0.25, 0.3) is 0 Å². The minimum absolute atomic E-state index is 0.400. The van der Waals surface area contributed by atoms with E-state index in [2.05, 4.69) is 22.0 Å². The van der Waals surface area contributed by atoms with Crippen molar-refractivity contribution in [3.05, 3.63) is 55.6 Å². The fourth-order valence-corrected chi connectivity index (χ4v) is 3.02. The van der Waals surface area contributed by atoms with Crippen LogP contribution in [-0.4, -0.2) is 0 Å². The molecule has 18 heavy (non-hydrogen) atoms. The van der Waals surface area contributed by atoms with Crippen LogP contribution in [0.2, 0.25) is 5.02 Å². The van der Waals surface area contributed by atoms with E-state index in [0.717, 1.165) is 9.35 Å². The van der Waals surface area contributed by atoms with Gasteiger partial charge >= 0.3 is 0 Å². The predicted molar refractivity (Wildman–Crippen MR) is 80.1 cm³/mol. The molecular weight excluding hydrogens is 332 g/mol. The lowest BCUT2D eigenvalue weighted by Gasteiger charge is -2.07. The van der Waals surface area contributed by atoms with Crippen molar-refractivity contribution < 1.29 is 0 Å². The van der Waals surface area contributed by atoms with Crippen LogP contribution in [0.3, 0.4) is 0 Å². The van der Waals surface area contributed by atoms with E-state index in [1.54, 1.807) is 12.1 Å². The Morgan fingerprint density at radius 1 is 1.39 bits per heavy atom. The molecule has 1 aromatic heterocycles. The van der Waals surface area contributed by atoms with Crippen molar-refractivity contribution in [3.8, 4) is 6.07 Å². The summed E-state index contributed by atoms with van der Waals surface area (Å²) in [7, 11) is 0. The topological polar surface area (TPSA) is 49.8 Å². The molecule has 1 heterocycles. The number of thiophene rings is 1. The second-order valence-electron chi connectivity index (χ2n) is 3.50. The highest BCUT2D eigenvalue weighted by atomic mass is 79.9. The van der Waals surface area contributed by atoms with Crippen LogP contribution in [-0.2, 0) is 0 Å². The molecule has 0 aliphatic rings. The number of hydrogen-bond acceptors (Lipinski definition) is 3. The van der Waals surface area contributed by atoms with Gasteiger partial charge in [0.15, 0.2) is 0 Å². The van der Waals surface area contributed by atoms with E-state index < -0.39 is 0 Å². The summed E-state index contributed by atoms with van der Waals surface area (Å²) in [6.07, 6.45) is 0. The van der Waals surface area contributed by atoms with E-state index in [-0.39, 0.29) is 0 Å². The van der Waals surface area contributed by atoms with Crippen LogP contribution in [0.5, 0.6) is 0 Å². The van der Waals surface area contributed by atoms with Crippen molar-refractivity contribution in [1.82, 2.24) is 0 Å². The van der Waals surface area contributed by atoms with Gasteiger partial charge < -0.3 is 5.73 Å². The third-order valence-electron chi connectivity index (χ3n) is 2.37. The molecule has 2 N–H and O–H groups in total. The monoisotopic (exact) mass is 338 g/mol. The van der Waals surface area contributed by atoms with Gasteiger partial charge in [-0.2, -0.15) is 5.26 Å². The largest absolute Gasteiger partial charge is 0.397 e.